The molecule has 2 atom stereocenters. The van der Waals surface area contributed by atoms with Crippen LogP contribution in [0.15, 0.2) is 14.7 Å². The monoisotopic (exact) mass is 364 g/mol. The SMILES string of the molecule is Cc1sc(Br)cc1S(=O)(=O)N1C[C@@H]2CCCN[C@@H]2C1. The Balaban J connectivity index is 1.87. The van der Waals surface area contributed by atoms with Crippen molar-refractivity contribution in [3.05, 3.63) is 14.7 Å². The molecule has 2 aliphatic rings. The molecule has 3 rings (SSSR count). The Bertz CT molecular complexity index is 571. The van der Waals surface area contributed by atoms with E-state index in [0.717, 1.165) is 28.0 Å². The maximum Gasteiger partial charge on any atom is 0.244 e. The number of nitrogens with one attached hydrogen (secondary N) is 1. The molecule has 1 aromatic rings. The first-order chi connectivity index (χ1) is 8.98. The third-order valence-electron chi connectivity index (χ3n) is 4.03. The van der Waals surface area contributed by atoms with Crippen LogP contribution in [0.3, 0.4) is 0 Å². The van der Waals surface area contributed by atoms with Gasteiger partial charge in [-0.1, -0.05) is 0 Å². The quantitative estimate of drug-likeness (QED) is 0.874. The van der Waals surface area contributed by atoms with Crippen molar-refractivity contribution >= 4 is 37.3 Å². The second-order valence-corrected chi connectivity index (χ2v) is 9.80. The Morgan fingerprint density at radius 3 is 2.89 bits per heavy atom. The molecule has 3 heterocycles. The molecule has 0 spiro atoms. The molecule has 4 nitrogen and oxygen atoms in total. The molecule has 106 valence electrons. The number of fused-ring (bicyclic) bond motifs is 1. The lowest BCUT2D eigenvalue weighted by molar-refractivity contribution is 0.339. The van der Waals surface area contributed by atoms with E-state index in [0.29, 0.717) is 29.9 Å². The van der Waals surface area contributed by atoms with E-state index in [9.17, 15) is 8.42 Å². The zero-order chi connectivity index (χ0) is 13.6. The molecule has 0 aromatic carbocycles. The van der Waals surface area contributed by atoms with Gasteiger partial charge in [-0.3, -0.25) is 0 Å². The van der Waals surface area contributed by atoms with Crippen LogP contribution in [0.5, 0.6) is 0 Å². The van der Waals surface area contributed by atoms with Crippen LogP contribution >= 0.6 is 27.3 Å². The smallest absolute Gasteiger partial charge is 0.244 e. The summed E-state index contributed by atoms with van der Waals surface area (Å²) in [5.74, 6) is 0.478. The minimum atomic E-state index is -3.33. The van der Waals surface area contributed by atoms with Gasteiger partial charge in [0.1, 0.15) is 0 Å². The van der Waals surface area contributed by atoms with Crippen molar-refractivity contribution in [3.8, 4) is 0 Å². The van der Waals surface area contributed by atoms with Gasteiger partial charge in [0.2, 0.25) is 10.0 Å². The summed E-state index contributed by atoms with van der Waals surface area (Å²) >= 11 is 4.84. The van der Waals surface area contributed by atoms with Gasteiger partial charge in [-0.15, -0.1) is 11.3 Å². The zero-order valence-electron chi connectivity index (χ0n) is 10.7. The Labute approximate surface area is 126 Å². The second kappa shape index (κ2) is 5.11. The molecule has 2 saturated heterocycles. The third-order valence-corrected chi connectivity index (χ3v) is 7.67. The molecule has 7 heteroatoms. The minimum absolute atomic E-state index is 0.339. The zero-order valence-corrected chi connectivity index (χ0v) is 13.9. The van der Waals surface area contributed by atoms with Gasteiger partial charge in [0, 0.05) is 24.0 Å². The van der Waals surface area contributed by atoms with Crippen LogP contribution in [0.1, 0.15) is 17.7 Å². The summed E-state index contributed by atoms with van der Waals surface area (Å²) in [6.07, 6.45) is 2.29. The lowest BCUT2D eigenvalue weighted by Gasteiger charge is -2.24. The van der Waals surface area contributed by atoms with Gasteiger partial charge in [-0.2, -0.15) is 4.31 Å². The van der Waals surface area contributed by atoms with Gasteiger partial charge in [0.05, 0.1) is 8.68 Å². The number of thiophene rings is 1. The molecular formula is C12H17BrN2O2S2. The molecule has 1 aromatic heterocycles. The van der Waals surface area contributed by atoms with Gasteiger partial charge < -0.3 is 5.32 Å². The lowest BCUT2D eigenvalue weighted by atomic mass is 9.94. The van der Waals surface area contributed by atoms with E-state index in [1.54, 1.807) is 10.4 Å². The molecule has 0 saturated carbocycles. The first-order valence-corrected chi connectivity index (χ1v) is 9.53. The number of nitrogens with zero attached hydrogens (tertiary/aromatic N) is 1. The molecule has 0 bridgehead atoms. The summed E-state index contributed by atoms with van der Waals surface area (Å²) < 4.78 is 27.9. The van der Waals surface area contributed by atoms with Crippen LogP contribution in [0.2, 0.25) is 0 Å². The van der Waals surface area contributed by atoms with Gasteiger partial charge in [0.25, 0.3) is 0 Å². The van der Waals surface area contributed by atoms with Gasteiger partial charge in [-0.25, -0.2) is 8.42 Å². The summed E-state index contributed by atoms with van der Waals surface area (Å²) in [5.41, 5.74) is 0. The number of piperidine rings is 1. The van der Waals surface area contributed by atoms with Crippen LogP contribution in [-0.2, 0) is 10.0 Å². The van der Waals surface area contributed by atoms with Crippen LogP contribution < -0.4 is 5.32 Å². The molecule has 2 fully saturated rings. The van der Waals surface area contributed by atoms with Crippen molar-refractivity contribution in [2.75, 3.05) is 19.6 Å². The van der Waals surface area contributed by atoms with Crippen LogP contribution in [0.4, 0.5) is 0 Å². The number of hydrogen-bond acceptors (Lipinski definition) is 4. The molecule has 0 aliphatic carbocycles. The highest BCUT2D eigenvalue weighted by Crippen LogP contribution is 2.34. The van der Waals surface area contributed by atoms with E-state index in [1.165, 1.54) is 11.3 Å². The maximum absolute atomic E-state index is 12.7. The van der Waals surface area contributed by atoms with Crippen molar-refractivity contribution in [1.29, 1.82) is 0 Å². The van der Waals surface area contributed by atoms with E-state index < -0.39 is 10.0 Å². The normalized spacial score (nSPS) is 28.5. The van der Waals surface area contributed by atoms with Crippen LogP contribution in [-0.4, -0.2) is 38.4 Å². The molecule has 0 radical (unpaired) electrons. The molecule has 0 unspecified atom stereocenters. The summed E-state index contributed by atoms with van der Waals surface area (Å²) in [6, 6.07) is 2.07. The molecule has 19 heavy (non-hydrogen) atoms. The van der Waals surface area contributed by atoms with Gasteiger partial charge in [-0.05, 0) is 54.2 Å². The van der Waals surface area contributed by atoms with Gasteiger partial charge in [0.15, 0.2) is 0 Å². The van der Waals surface area contributed by atoms with E-state index in [1.807, 2.05) is 6.92 Å². The minimum Gasteiger partial charge on any atom is -0.312 e. The first-order valence-electron chi connectivity index (χ1n) is 6.48. The van der Waals surface area contributed by atoms with Crippen molar-refractivity contribution in [3.63, 3.8) is 0 Å². The van der Waals surface area contributed by atoms with E-state index in [2.05, 4.69) is 21.2 Å². The number of hydrogen-bond donors (Lipinski definition) is 1. The van der Waals surface area contributed by atoms with Crippen molar-refractivity contribution in [1.82, 2.24) is 9.62 Å². The predicted octanol–water partition coefficient (Wildman–Crippen LogP) is 2.19. The Morgan fingerprint density at radius 1 is 1.47 bits per heavy atom. The third kappa shape index (κ3) is 2.51. The average Bonchev–Trinajstić information content (AvgIpc) is 2.92. The number of halogens is 1. The lowest BCUT2D eigenvalue weighted by Crippen LogP contribution is -2.41. The van der Waals surface area contributed by atoms with E-state index in [4.69, 9.17) is 0 Å². The summed E-state index contributed by atoms with van der Waals surface area (Å²) in [7, 11) is -3.33. The fourth-order valence-corrected chi connectivity index (χ4v) is 6.94. The van der Waals surface area contributed by atoms with Crippen molar-refractivity contribution < 1.29 is 8.42 Å². The van der Waals surface area contributed by atoms with Crippen LogP contribution in [0.25, 0.3) is 0 Å². The Hall–Kier alpha value is 0.0500. The number of sulfonamides is 1. The van der Waals surface area contributed by atoms with E-state index >= 15 is 0 Å². The standard InChI is InChI=1S/C12H17BrN2O2S2/c1-8-11(5-12(13)18-8)19(16,17)15-6-9-3-2-4-14-10(9)7-15/h5,9-10,14H,2-4,6-7H2,1H3/t9-,10+/m0/s1. The Morgan fingerprint density at radius 2 is 2.26 bits per heavy atom. The highest BCUT2D eigenvalue weighted by molar-refractivity contribution is 9.11. The van der Waals surface area contributed by atoms with Crippen LogP contribution in [0, 0.1) is 12.8 Å². The second-order valence-electron chi connectivity index (χ2n) is 5.26. The van der Waals surface area contributed by atoms with Crippen molar-refractivity contribution in [2.45, 2.75) is 30.7 Å². The first kappa shape index (κ1) is 14.0. The fraction of sp³-hybridized carbons (Fsp3) is 0.667. The molecule has 0 amide bonds. The molecule has 1 N–H and O–H groups in total. The molecule has 2 aliphatic heterocycles. The highest BCUT2D eigenvalue weighted by Gasteiger charge is 2.40. The predicted molar refractivity (Wildman–Crippen MR) is 80.0 cm³/mol. The Kier molecular flexibility index (Phi) is 3.77. The number of rotatable bonds is 2. The maximum atomic E-state index is 12.7. The largest absolute Gasteiger partial charge is 0.312 e. The average molecular weight is 365 g/mol. The van der Waals surface area contributed by atoms with Gasteiger partial charge >= 0.3 is 0 Å². The topological polar surface area (TPSA) is 49.4 Å². The van der Waals surface area contributed by atoms with Crippen molar-refractivity contribution in [2.24, 2.45) is 5.92 Å². The highest BCUT2D eigenvalue weighted by atomic mass is 79.9. The summed E-state index contributed by atoms with van der Waals surface area (Å²) in [5, 5.41) is 3.44. The summed E-state index contributed by atoms with van der Waals surface area (Å²) in [4.78, 5) is 1.32. The van der Waals surface area contributed by atoms with E-state index in [-0.39, 0.29) is 0 Å². The fourth-order valence-electron chi connectivity index (χ4n) is 3.03. The summed E-state index contributed by atoms with van der Waals surface area (Å²) in [6.45, 7) is 4.15. The number of aryl methyl sites for hydroxylation is 1. The molecular weight excluding hydrogens is 348 g/mol.